The predicted molar refractivity (Wildman–Crippen MR) is 62.2 cm³/mol. The van der Waals surface area contributed by atoms with E-state index in [1.807, 2.05) is 19.1 Å². The van der Waals surface area contributed by atoms with Crippen molar-refractivity contribution in [1.82, 2.24) is 0 Å². The van der Waals surface area contributed by atoms with E-state index in [4.69, 9.17) is 0 Å². The van der Waals surface area contributed by atoms with Gasteiger partial charge in [-0.25, -0.2) is 4.79 Å². The molecule has 3 heteroatoms. The molecule has 0 aliphatic heterocycles. The molecule has 0 saturated carbocycles. The van der Waals surface area contributed by atoms with Gasteiger partial charge in [-0.2, -0.15) is 0 Å². The van der Waals surface area contributed by atoms with E-state index in [9.17, 15) is 9.59 Å². The molecule has 0 amide bonds. The lowest BCUT2D eigenvalue weighted by Gasteiger charge is -2.04. The first-order valence-corrected chi connectivity index (χ1v) is 4.98. The number of rotatable bonds is 4. The van der Waals surface area contributed by atoms with Crippen LogP contribution in [-0.2, 0) is 9.53 Å². The Kier molecular flexibility index (Phi) is 4.45. The van der Waals surface area contributed by atoms with Gasteiger partial charge in [-0.15, -0.1) is 0 Å². The Morgan fingerprint density at radius 1 is 1.44 bits per heavy atom. The van der Waals surface area contributed by atoms with Gasteiger partial charge in [0.1, 0.15) is 6.29 Å². The molecule has 0 N–H and O–H groups in total. The van der Waals surface area contributed by atoms with E-state index < -0.39 is 0 Å². The van der Waals surface area contributed by atoms with Gasteiger partial charge in [-0.3, -0.25) is 0 Å². The minimum absolute atomic E-state index is 0.342. The monoisotopic (exact) mass is 218 g/mol. The van der Waals surface area contributed by atoms with Crippen molar-refractivity contribution in [3.8, 4) is 0 Å². The van der Waals surface area contributed by atoms with E-state index in [-0.39, 0.29) is 5.97 Å². The van der Waals surface area contributed by atoms with Gasteiger partial charge >= 0.3 is 5.97 Å². The maximum absolute atomic E-state index is 11.5. The fourth-order valence-electron chi connectivity index (χ4n) is 1.37. The summed E-state index contributed by atoms with van der Waals surface area (Å²) in [6, 6.07) is 5.46. The highest BCUT2D eigenvalue weighted by molar-refractivity contribution is 5.93. The first-order chi connectivity index (χ1) is 7.69. The summed E-state index contributed by atoms with van der Waals surface area (Å²) in [5.74, 6) is -0.370. The molecule has 0 spiro atoms. The van der Waals surface area contributed by atoms with Crippen molar-refractivity contribution in [2.24, 2.45) is 0 Å². The van der Waals surface area contributed by atoms with E-state index in [1.54, 1.807) is 18.2 Å². The second-order valence-electron chi connectivity index (χ2n) is 3.39. The summed E-state index contributed by atoms with van der Waals surface area (Å²) in [4.78, 5) is 21.6. The Morgan fingerprint density at radius 2 is 2.19 bits per heavy atom. The quantitative estimate of drug-likeness (QED) is 0.575. The zero-order valence-corrected chi connectivity index (χ0v) is 9.40. The van der Waals surface area contributed by atoms with Crippen LogP contribution in [0.15, 0.2) is 24.3 Å². The Balaban J connectivity index is 3.07. The molecule has 0 fully saturated rings. The number of aryl methyl sites for hydroxylation is 1. The summed E-state index contributed by atoms with van der Waals surface area (Å²) >= 11 is 0. The summed E-state index contributed by atoms with van der Waals surface area (Å²) in [7, 11) is 1.35. The third kappa shape index (κ3) is 3.05. The number of allylic oxidation sites excluding steroid dienone is 1. The zero-order valence-electron chi connectivity index (χ0n) is 9.40. The van der Waals surface area contributed by atoms with E-state index in [2.05, 4.69) is 4.74 Å². The topological polar surface area (TPSA) is 43.4 Å². The van der Waals surface area contributed by atoms with Crippen LogP contribution in [0.3, 0.4) is 0 Å². The van der Waals surface area contributed by atoms with Crippen molar-refractivity contribution in [1.29, 1.82) is 0 Å². The smallest absolute Gasteiger partial charge is 0.338 e. The molecule has 0 saturated heterocycles. The van der Waals surface area contributed by atoms with Crippen molar-refractivity contribution >= 4 is 18.3 Å². The van der Waals surface area contributed by atoms with E-state index in [0.29, 0.717) is 12.0 Å². The number of methoxy groups -OCH3 is 1. The number of benzene rings is 1. The fraction of sp³-hybridized carbons (Fsp3) is 0.231. The Morgan fingerprint density at radius 3 is 2.81 bits per heavy atom. The molecule has 84 valence electrons. The molecule has 0 atom stereocenters. The molecule has 1 rings (SSSR count). The highest BCUT2D eigenvalue weighted by Gasteiger charge is 2.09. The van der Waals surface area contributed by atoms with Crippen LogP contribution in [-0.4, -0.2) is 19.4 Å². The lowest BCUT2D eigenvalue weighted by molar-refractivity contribution is -0.107. The van der Waals surface area contributed by atoms with Crippen LogP contribution in [0, 0.1) is 6.92 Å². The van der Waals surface area contributed by atoms with Crippen LogP contribution in [0.5, 0.6) is 0 Å². The number of ether oxygens (including phenoxy) is 1. The highest BCUT2D eigenvalue weighted by Crippen LogP contribution is 2.14. The minimum atomic E-state index is -0.370. The summed E-state index contributed by atoms with van der Waals surface area (Å²) in [5, 5.41) is 0. The van der Waals surface area contributed by atoms with Crippen molar-refractivity contribution in [3.05, 3.63) is 41.0 Å². The van der Waals surface area contributed by atoms with E-state index in [1.165, 1.54) is 7.11 Å². The lowest BCUT2D eigenvalue weighted by Crippen LogP contribution is -2.03. The molecule has 16 heavy (non-hydrogen) atoms. The molecule has 0 aliphatic carbocycles. The van der Waals surface area contributed by atoms with Gasteiger partial charge in [-0.05, 0) is 18.6 Å². The van der Waals surface area contributed by atoms with Gasteiger partial charge < -0.3 is 9.53 Å². The first kappa shape index (κ1) is 12.2. The van der Waals surface area contributed by atoms with Gasteiger partial charge in [0.25, 0.3) is 0 Å². The standard InChI is InChI=1S/C13H14O3/c1-10-6-7-12(13(15)16-2)11(9-10)5-3-4-8-14/h3,5-9H,4H2,1-2H3. The number of esters is 1. The number of carbonyl (C=O) groups is 2. The molecule has 3 nitrogen and oxygen atoms in total. The third-order valence-corrected chi connectivity index (χ3v) is 2.14. The summed E-state index contributed by atoms with van der Waals surface area (Å²) in [6.07, 6.45) is 4.63. The number of carbonyl (C=O) groups excluding carboxylic acids is 2. The molecule has 0 aliphatic rings. The van der Waals surface area contributed by atoms with Gasteiger partial charge in [-0.1, -0.05) is 29.8 Å². The van der Waals surface area contributed by atoms with Crippen LogP contribution in [0.4, 0.5) is 0 Å². The van der Waals surface area contributed by atoms with Gasteiger partial charge in [0.15, 0.2) is 0 Å². The second-order valence-corrected chi connectivity index (χ2v) is 3.39. The van der Waals surface area contributed by atoms with Crippen molar-refractivity contribution in [2.45, 2.75) is 13.3 Å². The molecule has 1 aromatic carbocycles. The fourth-order valence-corrected chi connectivity index (χ4v) is 1.37. The summed E-state index contributed by atoms with van der Waals surface area (Å²) in [5.41, 5.74) is 2.34. The number of aldehydes is 1. The molecule has 1 aromatic rings. The normalized spacial score (nSPS) is 10.4. The average molecular weight is 218 g/mol. The average Bonchev–Trinajstić information content (AvgIpc) is 2.29. The Hall–Kier alpha value is -1.90. The van der Waals surface area contributed by atoms with Gasteiger partial charge in [0.05, 0.1) is 12.7 Å². The maximum Gasteiger partial charge on any atom is 0.338 e. The Bertz CT molecular complexity index is 419. The van der Waals surface area contributed by atoms with Crippen LogP contribution < -0.4 is 0 Å². The highest BCUT2D eigenvalue weighted by atomic mass is 16.5. The SMILES string of the molecule is COC(=O)c1ccc(C)cc1C=CCC=O. The van der Waals surface area contributed by atoms with Gasteiger partial charge in [0, 0.05) is 6.42 Å². The summed E-state index contributed by atoms with van der Waals surface area (Å²) in [6.45, 7) is 1.94. The maximum atomic E-state index is 11.5. The molecule has 0 aromatic heterocycles. The molecule has 0 heterocycles. The number of hydrogen-bond donors (Lipinski definition) is 0. The van der Waals surface area contributed by atoms with Gasteiger partial charge in [0.2, 0.25) is 0 Å². The summed E-state index contributed by atoms with van der Waals surface area (Å²) < 4.78 is 4.68. The first-order valence-electron chi connectivity index (χ1n) is 4.98. The van der Waals surface area contributed by atoms with Crippen molar-refractivity contribution < 1.29 is 14.3 Å². The second kappa shape index (κ2) is 5.85. The molecule has 0 bridgehead atoms. The largest absolute Gasteiger partial charge is 0.465 e. The predicted octanol–water partition coefficient (Wildman–Crippen LogP) is 2.38. The zero-order chi connectivity index (χ0) is 12.0. The van der Waals surface area contributed by atoms with Crippen LogP contribution in [0.2, 0.25) is 0 Å². The molecular weight excluding hydrogens is 204 g/mol. The lowest BCUT2D eigenvalue weighted by atomic mass is 10.0. The molecule has 0 radical (unpaired) electrons. The minimum Gasteiger partial charge on any atom is -0.465 e. The molecule has 0 unspecified atom stereocenters. The molecular formula is C13H14O3. The van der Waals surface area contributed by atoms with E-state index in [0.717, 1.165) is 17.4 Å². The van der Waals surface area contributed by atoms with E-state index >= 15 is 0 Å². The third-order valence-electron chi connectivity index (χ3n) is 2.14. The number of hydrogen-bond acceptors (Lipinski definition) is 3. The van der Waals surface area contributed by atoms with Crippen LogP contribution in [0.1, 0.15) is 27.9 Å². The Labute approximate surface area is 94.7 Å². The van der Waals surface area contributed by atoms with Crippen LogP contribution in [0.25, 0.3) is 6.08 Å². The van der Waals surface area contributed by atoms with Crippen molar-refractivity contribution in [3.63, 3.8) is 0 Å². The van der Waals surface area contributed by atoms with Crippen LogP contribution >= 0.6 is 0 Å². The van der Waals surface area contributed by atoms with Crippen molar-refractivity contribution in [2.75, 3.05) is 7.11 Å².